The third-order valence-corrected chi connectivity index (χ3v) is 8.39. The van der Waals surface area contributed by atoms with Crippen molar-refractivity contribution in [3.63, 3.8) is 0 Å². The molecule has 0 atom stereocenters. The number of halogens is 1. The van der Waals surface area contributed by atoms with E-state index >= 15 is 0 Å². The molecule has 266 valence electrons. The first kappa shape index (κ1) is 37.8. The van der Waals surface area contributed by atoms with Crippen LogP contribution in [0.1, 0.15) is 48.0 Å². The number of benzene rings is 2. The number of piperidine rings is 1. The molecule has 0 radical (unpaired) electrons. The molecule has 2 heterocycles. The molecule has 1 fully saturated rings. The summed E-state index contributed by atoms with van der Waals surface area (Å²) in [6.07, 6.45) is 4.09. The molecule has 14 heteroatoms. The fraction of sp³-hybridized carbons (Fsp3) is 0.486. The number of amides is 2. The normalized spacial score (nSPS) is 13.6. The Bertz CT molecular complexity index is 1490. The number of nitrogens with zero attached hydrogens (tertiary/aromatic N) is 3. The molecule has 4 N–H and O–H groups in total. The van der Waals surface area contributed by atoms with E-state index in [2.05, 4.69) is 48.3 Å². The van der Waals surface area contributed by atoms with Gasteiger partial charge in [0.1, 0.15) is 10.8 Å². The van der Waals surface area contributed by atoms with Crippen molar-refractivity contribution in [1.82, 2.24) is 25.5 Å². The fourth-order valence-corrected chi connectivity index (χ4v) is 5.50. The standard InChI is InChI=1S/C35H48ClN7O6/c1-4-32(44)38-13-17-47-19-21-49-22-20-48-18-16-43-14-11-25(12-15-43)26-9-10-30(31(23-26)46-3)41-35-39-24-28(36)33(42-35)40-29-8-6-5-7-27(29)34(45)37-2/h5-10,23-25H,4,11-22H2,1-3H3,(H,37,45)(H,38,44)(H2,39,40,41,42). The summed E-state index contributed by atoms with van der Waals surface area (Å²) in [7, 11) is 3.23. The predicted octanol–water partition coefficient (Wildman–Crippen LogP) is 4.74. The van der Waals surface area contributed by atoms with Crippen molar-refractivity contribution >= 4 is 46.6 Å². The monoisotopic (exact) mass is 697 g/mol. The van der Waals surface area contributed by atoms with E-state index in [9.17, 15) is 9.59 Å². The largest absolute Gasteiger partial charge is 0.495 e. The Morgan fingerprint density at radius 2 is 1.65 bits per heavy atom. The molecule has 2 amide bonds. The van der Waals surface area contributed by atoms with Crippen LogP contribution in [0.3, 0.4) is 0 Å². The van der Waals surface area contributed by atoms with Gasteiger partial charge in [0, 0.05) is 26.6 Å². The van der Waals surface area contributed by atoms with Crippen molar-refractivity contribution in [2.24, 2.45) is 0 Å². The minimum absolute atomic E-state index is 0.0298. The smallest absolute Gasteiger partial charge is 0.253 e. The van der Waals surface area contributed by atoms with Crippen LogP contribution >= 0.6 is 11.6 Å². The maximum absolute atomic E-state index is 12.3. The minimum Gasteiger partial charge on any atom is -0.495 e. The second kappa shape index (κ2) is 20.5. The quantitative estimate of drug-likeness (QED) is 0.121. The van der Waals surface area contributed by atoms with Gasteiger partial charge in [-0.05, 0) is 61.7 Å². The Balaban J connectivity index is 1.18. The lowest BCUT2D eigenvalue weighted by atomic mass is 9.89. The fourth-order valence-electron chi connectivity index (χ4n) is 5.37. The molecule has 0 aliphatic carbocycles. The van der Waals surface area contributed by atoms with E-state index in [4.69, 9.17) is 30.5 Å². The Hall–Kier alpha value is -4.01. The van der Waals surface area contributed by atoms with E-state index in [1.165, 1.54) is 11.8 Å². The van der Waals surface area contributed by atoms with Crippen molar-refractivity contribution in [3.05, 3.63) is 64.8 Å². The summed E-state index contributed by atoms with van der Waals surface area (Å²) in [6.45, 7) is 8.46. The zero-order valence-electron chi connectivity index (χ0n) is 28.6. The van der Waals surface area contributed by atoms with E-state index < -0.39 is 0 Å². The summed E-state index contributed by atoms with van der Waals surface area (Å²) >= 11 is 6.41. The number of hydrogen-bond donors (Lipinski definition) is 4. The average Bonchev–Trinajstić information content (AvgIpc) is 3.13. The number of methoxy groups -OCH3 is 1. The van der Waals surface area contributed by atoms with Crippen molar-refractivity contribution in [2.75, 3.05) is 90.6 Å². The first-order valence-electron chi connectivity index (χ1n) is 16.7. The highest BCUT2D eigenvalue weighted by molar-refractivity contribution is 6.33. The van der Waals surface area contributed by atoms with Gasteiger partial charge in [0.05, 0.1) is 69.9 Å². The van der Waals surface area contributed by atoms with Crippen molar-refractivity contribution in [3.8, 4) is 5.75 Å². The van der Waals surface area contributed by atoms with E-state index in [1.807, 2.05) is 19.1 Å². The number of anilines is 4. The molecule has 1 aromatic heterocycles. The summed E-state index contributed by atoms with van der Waals surface area (Å²) in [5.41, 5.74) is 3.01. The van der Waals surface area contributed by atoms with Crippen molar-refractivity contribution in [1.29, 1.82) is 0 Å². The molecule has 0 unspecified atom stereocenters. The molecule has 13 nitrogen and oxygen atoms in total. The molecule has 49 heavy (non-hydrogen) atoms. The van der Waals surface area contributed by atoms with Gasteiger partial charge in [-0.2, -0.15) is 4.98 Å². The molecule has 2 aromatic carbocycles. The molecular formula is C35H48ClN7O6. The lowest BCUT2D eigenvalue weighted by molar-refractivity contribution is -0.121. The highest BCUT2D eigenvalue weighted by Gasteiger charge is 2.22. The van der Waals surface area contributed by atoms with Gasteiger partial charge in [0.15, 0.2) is 5.82 Å². The number of carbonyl (C=O) groups excluding carboxylic acids is 2. The summed E-state index contributed by atoms with van der Waals surface area (Å²) in [6, 6.07) is 13.3. The summed E-state index contributed by atoms with van der Waals surface area (Å²) in [5.74, 6) is 1.63. The number of hydrogen-bond acceptors (Lipinski definition) is 11. The zero-order chi connectivity index (χ0) is 34.8. The molecule has 0 bridgehead atoms. The highest BCUT2D eigenvalue weighted by atomic mass is 35.5. The van der Waals surface area contributed by atoms with Crippen LogP contribution in [0.15, 0.2) is 48.7 Å². The Kier molecular flexibility index (Phi) is 15.8. The van der Waals surface area contributed by atoms with Crippen LogP contribution < -0.4 is 26.0 Å². The topological polar surface area (TPSA) is 148 Å². The number of likely N-dealkylation sites (tertiary alicyclic amines) is 1. The van der Waals surface area contributed by atoms with Gasteiger partial charge in [-0.15, -0.1) is 0 Å². The van der Waals surface area contributed by atoms with Crippen LogP contribution in [0, 0.1) is 0 Å². The van der Waals surface area contributed by atoms with Crippen LogP contribution in [0.2, 0.25) is 5.02 Å². The van der Waals surface area contributed by atoms with Crippen LogP contribution in [-0.4, -0.2) is 107 Å². The number of rotatable bonds is 20. The second-order valence-electron chi connectivity index (χ2n) is 11.4. The molecule has 1 saturated heterocycles. The van der Waals surface area contributed by atoms with Gasteiger partial charge >= 0.3 is 0 Å². The molecule has 3 aromatic rings. The van der Waals surface area contributed by atoms with Crippen LogP contribution in [0.25, 0.3) is 0 Å². The van der Waals surface area contributed by atoms with Crippen LogP contribution in [-0.2, 0) is 19.0 Å². The third kappa shape index (κ3) is 12.1. The Morgan fingerprint density at radius 1 is 0.939 bits per heavy atom. The van der Waals surface area contributed by atoms with Gasteiger partial charge < -0.3 is 45.1 Å². The molecule has 1 aliphatic rings. The molecule has 4 rings (SSSR count). The zero-order valence-corrected chi connectivity index (χ0v) is 29.3. The maximum Gasteiger partial charge on any atom is 0.253 e. The van der Waals surface area contributed by atoms with Crippen molar-refractivity contribution < 1.29 is 28.5 Å². The summed E-state index contributed by atoms with van der Waals surface area (Å²) < 4.78 is 22.5. The second-order valence-corrected chi connectivity index (χ2v) is 11.8. The lowest BCUT2D eigenvalue weighted by Gasteiger charge is -2.32. The molecule has 1 aliphatic heterocycles. The number of ether oxygens (including phenoxy) is 4. The van der Waals surface area contributed by atoms with Gasteiger partial charge in [0.2, 0.25) is 11.9 Å². The maximum atomic E-state index is 12.3. The molecule has 0 spiro atoms. The van der Waals surface area contributed by atoms with Gasteiger partial charge in [-0.25, -0.2) is 4.98 Å². The number of nitrogens with one attached hydrogen (secondary N) is 4. The first-order chi connectivity index (χ1) is 23.9. The van der Waals surface area contributed by atoms with E-state index in [0.29, 0.717) is 92.3 Å². The van der Waals surface area contributed by atoms with Gasteiger partial charge in [0.25, 0.3) is 5.91 Å². The lowest BCUT2D eigenvalue weighted by Crippen LogP contribution is -2.35. The average molecular weight is 698 g/mol. The predicted molar refractivity (Wildman–Crippen MR) is 191 cm³/mol. The number of aromatic nitrogens is 2. The van der Waals surface area contributed by atoms with Crippen molar-refractivity contribution in [2.45, 2.75) is 32.1 Å². The van der Waals surface area contributed by atoms with E-state index in [1.54, 1.807) is 32.4 Å². The highest BCUT2D eigenvalue weighted by Crippen LogP contribution is 2.35. The summed E-state index contributed by atoms with van der Waals surface area (Å²) in [5, 5.41) is 12.1. The first-order valence-corrected chi connectivity index (χ1v) is 17.1. The number of para-hydroxylation sites is 1. The molecule has 0 saturated carbocycles. The van der Waals surface area contributed by atoms with Gasteiger partial charge in [-0.3, -0.25) is 9.59 Å². The molecular weight excluding hydrogens is 650 g/mol. The summed E-state index contributed by atoms with van der Waals surface area (Å²) in [4.78, 5) is 34.8. The third-order valence-electron chi connectivity index (χ3n) is 8.11. The van der Waals surface area contributed by atoms with Crippen LogP contribution in [0.4, 0.5) is 23.1 Å². The minimum atomic E-state index is -0.222. The van der Waals surface area contributed by atoms with Gasteiger partial charge in [-0.1, -0.05) is 36.7 Å². The Labute approximate surface area is 293 Å². The SMILES string of the molecule is CCC(=O)NCCOCCOCCOCCN1CCC(c2ccc(Nc3ncc(Cl)c(Nc4ccccc4C(=O)NC)n3)c(OC)c2)CC1. The van der Waals surface area contributed by atoms with E-state index in [-0.39, 0.29) is 11.8 Å². The van der Waals surface area contributed by atoms with E-state index in [0.717, 1.165) is 38.2 Å². The van der Waals surface area contributed by atoms with Crippen LogP contribution in [0.5, 0.6) is 5.75 Å². The Morgan fingerprint density at radius 3 is 2.37 bits per heavy atom. The number of carbonyl (C=O) groups is 2.